The zero-order valence-corrected chi connectivity index (χ0v) is 35.6. The molecular weight excluding hydrogens is 734 g/mol. The lowest BCUT2D eigenvalue weighted by Crippen LogP contribution is -2.64. The Morgan fingerprint density at radius 2 is 1.58 bits per heavy atom. The number of ether oxygens (including phenoxy) is 5. The number of cyclic esters (lactones) is 1. The highest BCUT2D eigenvalue weighted by Crippen LogP contribution is 2.40. The van der Waals surface area contributed by atoms with Gasteiger partial charge in [-0.25, -0.2) is 4.79 Å². The van der Waals surface area contributed by atoms with Crippen LogP contribution >= 0.6 is 0 Å². The first-order valence-electron chi connectivity index (χ1n) is 20.9. The molecule has 0 spiro atoms. The average molecular weight is 804 g/mol. The quantitative estimate of drug-likeness (QED) is 0.185. The van der Waals surface area contributed by atoms with E-state index in [-0.39, 0.29) is 43.0 Å². The molecule has 1 saturated carbocycles. The van der Waals surface area contributed by atoms with Crippen molar-refractivity contribution >= 4 is 23.4 Å². The van der Waals surface area contributed by atoms with E-state index >= 15 is 0 Å². The monoisotopic (exact) mass is 803 g/mol. The number of methoxy groups -OCH3 is 3. The van der Waals surface area contributed by atoms with Crippen LogP contribution < -0.4 is 0 Å². The summed E-state index contributed by atoms with van der Waals surface area (Å²) < 4.78 is 29.8. The number of fused-ring (bicyclic) bond motifs is 3. The van der Waals surface area contributed by atoms with Crippen LogP contribution in [-0.2, 0) is 42.9 Å². The number of esters is 1. The van der Waals surface area contributed by atoms with Crippen molar-refractivity contribution in [2.75, 3.05) is 21.3 Å². The molecule has 2 bridgehead atoms. The first-order chi connectivity index (χ1) is 26.9. The van der Waals surface area contributed by atoms with E-state index in [0.717, 1.165) is 10.5 Å². The van der Waals surface area contributed by atoms with E-state index in [9.17, 15) is 34.5 Å². The van der Waals surface area contributed by atoms with E-state index in [0.29, 0.717) is 50.5 Å². The number of rotatable bonds is 7. The first kappa shape index (κ1) is 46.9. The minimum absolute atomic E-state index is 0.0158. The van der Waals surface area contributed by atoms with Crippen molar-refractivity contribution in [1.29, 1.82) is 0 Å². The number of Topliss-reactive ketones (excluding diaryl/α,β-unsaturated/α-hetero) is 2. The minimum atomic E-state index is -2.54. The molecule has 0 aromatic carbocycles. The molecule has 4 rings (SSSR count). The normalized spacial score (nSPS) is 42.1. The topological polar surface area (TPSA) is 178 Å². The van der Waals surface area contributed by atoms with E-state index in [2.05, 4.69) is 6.58 Å². The molecule has 1 amide bonds. The number of amides is 1. The summed E-state index contributed by atoms with van der Waals surface area (Å²) in [6, 6.07) is -1.92. The molecule has 3 aliphatic heterocycles. The van der Waals surface area contributed by atoms with Gasteiger partial charge in [-0.15, -0.1) is 6.58 Å². The molecule has 0 aromatic heterocycles. The van der Waals surface area contributed by atoms with Gasteiger partial charge in [0.2, 0.25) is 5.79 Å². The second-order valence-corrected chi connectivity index (χ2v) is 17.3. The van der Waals surface area contributed by atoms with Gasteiger partial charge in [0.15, 0.2) is 0 Å². The lowest BCUT2D eigenvalue weighted by Gasteiger charge is -2.46. The number of allylic oxidation sites excluding steroid dienone is 3. The zero-order valence-electron chi connectivity index (χ0n) is 35.6. The smallest absolute Gasteiger partial charge is 0.329 e. The Kier molecular flexibility index (Phi) is 16.8. The van der Waals surface area contributed by atoms with Crippen LogP contribution in [-0.4, -0.2) is 126 Å². The third kappa shape index (κ3) is 10.7. The van der Waals surface area contributed by atoms with Gasteiger partial charge in [0.25, 0.3) is 11.7 Å². The summed E-state index contributed by atoms with van der Waals surface area (Å²) in [5, 5.41) is 34.2. The highest BCUT2D eigenvalue weighted by atomic mass is 16.7. The number of ketones is 2. The van der Waals surface area contributed by atoms with Gasteiger partial charge in [-0.3, -0.25) is 14.4 Å². The van der Waals surface area contributed by atoms with Gasteiger partial charge in [-0.2, -0.15) is 0 Å². The molecule has 3 heterocycles. The zero-order chi connectivity index (χ0) is 42.4. The van der Waals surface area contributed by atoms with E-state index in [4.69, 9.17) is 23.7 Å². The van der Waals surface area contributed by atoms with Crippen LogP contribution in [0.4, 0.5) is 0 Å². The summed E-state index contributed by atoms with van der Waals surface area (Å²) in [7, 11) is 4.60. The van der Waals surface area contributed by atoms with Gasteiger partial charge in [0.1, 0.15) is 24.0 Å². The van der Waals surface area contributed by atoms with Crippen LogP contribution in [0, 0.1) is 29.6 Å². The third-order valence-corrected chi connectivity index (χ3v) is 13.1. The molecule has 1 aliphatic carbocycles. The van der Waals surface area contributed by atoms with Gasteiger partial charge in [-0.05, 0) is 89.0 Å². The summed E-state index contributed by atoms with van der Waals surface area (Å²) in [6.07, 6.45) is 4.05. The molecule has 2 saturated heterocycles. The van der Waals surface area contributed by atoms with Crippen molar-refractivity contribution in [3.05, 3.63) is 36.0 Å². The predicted molar refractivity (Wildman–Crippen MR) is 213 cm³/mol. The summed E-state index contributed by atoms with van der Waals surface area (Å²) in [5.41, 5.74) is 1.63. The van der Waals surface area contributed by atoms with E-state index in [1.165, 1.54) is 20.3 Å². The molecule has 3 fully saturated rings. The van der Waals surface area contributed by atoms with Crippen molar-refractivity contribution in [2.45, 2.75) is 166 Å². The third-order valence-electron chi connectivity index (χ3n) is 13.1. The maximum absolute atomic E-state index is 14.4. The number of carbonyl (C=O) groups is 4. The van der Waals surface area contributed by atoms with Gasteiger partial charge in [0.05, 0.1) is 36.6 Å². The molecular formula is C44H69NO12. The standard InChI is InChI=1S/C44H69NO12/c1-11-30-18-24(3)17-25(4)19-37(54-9)40-38(55-10)21-27(6)44(52,57-40)41(49)42(50)45-31(12-2)14-15-32(45)43(51)56-39(28(7)34(47)23-35(30)48)26(5)20-29-13-16-33(46)36(22-29)53-8/h12,18,20,25,27-34,36-40,46-47,52H,2,11,13-17,19,21-23H2,1,3-10H3/b24-18+,26-20+/t25-,27+,28+,29-,30+,31+,32-,33+,34-,36+,37?,38-,39+,40+,44+/m0/s1. The predicted octanol–water partition coefficient (Wildman–Crippen LogP) is 4.64. The van der Waals surface area contributed by atoms with E-state index in [1.807, 2.05) is 32.9 Å². The van der Waals surface area contributed by atoms with Crippen LogP contribution in [0.3, 0.4) is 0 Å². The summed E-state index contributed by atoms with van der Waals surface area (Å²) in [6.45, 7) is 15.0. The fourth-order valence-corrected chi connectivity index (χ4v) is 9.55. The lowest BCUT2D eigenvalue weighted by molar-refractivity contribution is -0.302. The van der Waals surface area contributed by atoms with Crippen LogP contribution in [0.2, 0.25) is 0 Å². The molecule has 15 atom stereocenters. The van der Waals surface area contributed by atoms with Crippen LogP contribution in [0.15, 0.2) is 36.0 Å². The number of hydrogen-bond acceptors (Lipinski definition) is 12. The summed E-state index contributed by atoms with van der Waals surface area (Å²) >= 11 is 0. The Bertz CT molecular complexity index is 1490. The van der Waals surface area contributed by atoms with Gasteiger partial charge in [-0.1, -0.05) is 51.5 Å². The average Bonchev–Trinajstić information content (AvgIpc) is 3.62. The van der Waals surface area contributed by atoms with Crippen molar-refractivity contribution < 1.29 is 58.2 Å². The Morgan fingerprint density at radius 1 is 0.930 bits per heavy atom. The molecule has 13 heteroatoms. The fourth-order valence-electron chi connectivity index (χ4n) is 9.55. The highest BCUT2D eigenvalue weighted by molar-refractivity contribution is 6.39. The fraction of sp³-hybridized carbons (Fsp3) is 0.773. The molecule has 57 heavy (non-hydrogen) atoms. The Labute approximate surface area is 339 Å². The minimum Gasteiger partial charge on any atom is -0.456 e. The van der Waals surface area contributed by atoms with Crippen molar-refractivity contribution in [3.8, 4) is 0 Å². The van der Waals surface area contributed by atoms with E-state index in [1.54, 1.807) is 27.9 Å². The number of hydrogen-bond donors (Lipinski definition) is 3. The number of nitrogens with zero attached hydrogens (tertiary/aromatic N) is 1. The van der Waals surface area contributed by atoms with Crippen LogP contribution in [0.25, 0.3) is 0 Å². The molecule has 4 aliphatic rings. The van der Waals surface area contributed by atoms with Gasteiger partial charge in [0, 0.05) is 45.5 Å². The van der Waals surface area contributed by atoms with E-state index < -0.39 is 89.9 Å². The van der Waals surface area contributed by atoms with Crippen molar-refractivity contribution in [3.63, 3.8) is 0 Å². The second kappa shape index (κ2) is 20.5. The largest absolute Gasteiger partial charge is 0.456 e. The number of aliphatic hydroxyl groups excluding tert-OH is 2. The van der Waals surface area contributed by atoms with Crippen molar-refractivity contribution in [1.82, 2.24) is 4.90 Å². The Morgan fingerprint density at radius 3 is 2.19 bits per heavy atom. The summed E-state index contributed by atoms with van der Waals surface area (Å²) in [4.78, 5) is 58.0. The highest BCUT2D eigenvalue weighted by Gasteiger charge is 2.57. The maximum atomic E-state index is 14.4. The van der Waals surface area contributed by atoms with Gasteiger partial charge >= 0.3 is 5.97 Å². The number of carbonyl (C=O) groups excluding carboxylic acids is 4. The number of aliphatic hydroxyl groups is 3. The Balaban J connectivity index is 1.79. The van der Waals surface area contributed by atoms with Crippen LogP contribution in [0.1, 0.15) is 106 Å². The molecule has 13 nitrogen and oxygen atoms in total. The molecule has 322 valence electrons. The molecule has 0 radical (unpaired) electrons. The molecule has 1 unspecified atom stereocenters. The molecule has 0 aromatic rings. The van der Waals surface area contributed by atoms with Crippen molar-refractivity contribution in [2.24, 2.45) is 29.6 Å². The molecule has 3 N–H and O–H groups in total. The van der Waals surface area contributed by atoms with Gasteiger partial charge < -0.3 is 43.9 Å². The summed E-state index contributed by atoms with van der Waals surface area (Å²) in [5.74, 6) is -7.81. The SMILES string of the molecule is C=C[C@@H]1CC[C@H]2C(=O)O[C@H](/C(C)=C/[C@@H]3CC[C@@H](O)[C@H](OC)C3)[C@H](C)[C@@H](O)CC(=O)[C@H](CC)/C=C(\C)C[C@H](C)CC(OC)[C@H]3O[C@@](O)(C(=O)C(=O)N12)[C@H](C)C[C@@H]3OC. The Hall–Kier alpha value is -2.78. The van der Waals surface area contributed by atoms with Crippen LogP contribution in [0.5, 0.6) is 0 Å². The second-order valence-electron chi connectivity index (χ2n) is 17.3. The lowest BCUT2D eigenvalue weighted by atomic mass is 9.81. The maximum Gasteiger partial charge on any atom is 0.329 e. The first-order valence-corrected chi connectivity index (χ1v) is 20.9.